The largest absolute Gasteiger partial charge is 0.376 e. The van der Waals surface area contributed by atoms with Crippen molar-refractivity contribution in [2.24, 2.45) is 5.92 Å². The van der Waals surface area contributed by atoms with E-state index >= 15 is 0 Å². The zero-order valence-electron chi connectivity index (χ0n) is 12.8. The molecule has 2 N–H and O–H groups in total. The molecule has 1 saturated carbocycles. The molecule has 3 heteroatoms. The van der Waals surface area contributed by atoms with Crippen LogP contribution in [-0.2, 0) is 4.79 Å². The molecule has 1 amide bonds. The third-order valence-corrected chi connectivity index (χ3v) is 4.06. The highest BCUT2D eigenvalue weighted by Crippen LogP contribution is 2.23. The van der Waals surface area contributed by atoms with E-state index in [4.69, 9.17) is 0 Å². The summed E-state index contributed by atoms with van der Waals surface area (Å²) in [5, 5.41) is 6.35. The van der Waals surface area contributed by atoms with Gasteiger partial charge in [-0.05, 0) is 68.7 Å². The van der Waals surface area contributed by atoms with Crippen LogP contribution in [0.3, 0.4) is 0 Å². The molecule has 1 aromatic carbocycles. The van der Waals surface area contributed by atoms with E-state index in [1.165, 1.54) is 24.0 Å². The molecule has 0 heterocycles. The van der Waals surface area contributed by atoms with Gasteiger partial charge in [0, 0.05) is 11.7 Å². The van der Waals surface area contributed by atoms with Crippen LogP contribution < -0.4 is 10.6 Å². The first-order valence-corrected chi connectivity index (χ1v) is 7.64. The Bertz CT molecular complexity index is 442. The van der Waals surface area contributed by atoms with Gasteiger partial charge in [0.25, 0.3) is 0 Å². The van der Waals surface area contributed by atoms with Crippen LogP contribution in [0, 0.1) is 19.8 Å². The average molecular weight is 274 g/mol. The number of hydrogen-bond acceptors (Lipinski definition) is 2. The first-order chi connectivity index (χ1) is 9.52. The lowest BCUT2D eigenvalue weighted by molar-refractivity contribution is -0.120. The Hall–Kier alpha value is -1.51. The lowest BCUT2D eigenvalue weighted by Crippen LogP contribution is -2.40. The van der Waals surface area contributed by atoms with Crippen LogP contribution in [0.2, 0.25) is 0 Å². The van der Waals surface area contributed by atoms with Crippen molar-refractivity contribution in [3.63, 3.8) is 0 Å². The van der Waals surface area contributed by atoms with Crippen molar-refractivity contribution in [3.05, 3.63) is 29.3 Å². The number of carbonyl (C=O) groups is 1. The second kappa shape index (κ2) is 6.78. The second-order valence-electron chi connectivity index (χ2n) is 6.25. The summed E-state index contributed by atoms with van der Waals surface area (Å²) in [6.45, 7) is 6.79. The predicted octanol–water partition coefficient (Wildman–Crippen LogP) is 3.41. The summed E-state index contributed by atoms with van der Waals surface area (Å²) in [5.41, 5.74) is 3.46. The fourth-order valence-corrected chi connectivity index (χ4v) is 2.94. The molecule has 0 atom stereocenters. The summed E-state index contributed by atoms with van der Waals surface area (Å²) in [6.07, 6.45) is 4.71. The molecule has 0 aliphatic heterocycles. The quantitative estimate of drug-likeness (QED) is 0.883. The summed E-state index contributed by atoms with van der Waals surface area (Å²) < 4.78 is 0. The zero-order chi connectivity index (χ0) is 14.5. The van der Waals surface area contributed by atoms with E-state index in [1.807, 2.05) is 0 Å². The van der Waals surface area contributed by atoms with Crippen molar-refractivity contribution in [1.29, 1.82) is 0 Å². The molecular formula is C17H26N2O. The van der Waals surface area contributed by atoms with Crippen LogP contribution in [0.25, 0.3) is 0 Å². The molecule has 0 unspecified atom stereocenters. The molecule has 0 radical (unpaired) electrons. The maximum absolute atomic E-state index is 12.0. The van der Waals surface area contributed by atoms with Gasteiger partial charge in [0.15, 0.2) is 0 Å². The highest BCUT2D eigenvalue weighted by atomic mass is 16.1. The fraction of sp³-hybridized carbons (Fsp3) is 0.588. The van der Waals surface area contributed by atoms with Gasteiger partial charge in [-0.1, -0.05) is 13.0 Å². The second-order valence-corrected chi connectivity index (χ2v) is 6.25. The van der Waals surface area contributed by atoms with Crippen molar-refractivity contribution >= 4 is 11.6 Å². The molecule has 2 rings (SSSR count). The minimum absolute atomic E-state index is 0.101. The Labute approximate surface area is 122 Å². The van der Waals surface area contributed by atoms with E-state index in [-0.39, 0.29) is 5.91 Å². The smallest absolute Gasteiger partial charge is 0.239 e. The summed E-state index contributed by atoms with van der Waals surface area (Å²) in [5.74, 6) is 0.917. The Morgan fingerprint density at radius 1 is 1.10 bits per heavy atom. The Morgan fingerprint density at radius 3 is 2.30 bits per heavy atom. The number of aryl methyl sites for hydroxylation is 2. The monoisotopic (exact) mass is 274 g/mol. The van der Waals surface area contributed by atoms with Crippen LogP contribution in [0.1, 0.15) is 43.7 Å². The van der Waals surface area contributed by atoms with Gasteiger partial charge in [-0.3, -0.25) is 4.79 Å². The van der Waals surface area contributed by atoms with Gasteiger partial charge in [0.1, 0.15) is 0 Å². The normalized spacial score (nSPS) is 22.4. The van der Waals surface area contributed by atoms with E-state index in [2.05, 4.69) is 49.6 Å². The molecule has 0 spiro atoms. The summed E-state index contributed by atoms with van der Waals surface area (Å²) >= 11 is 0. The SMILES string of the molecule is Cc1cc(C)cc(NCC(=O)NC2CCC(C)CC2)c1. The number of carbonyl (C=O) groups excluding carboxylic acids is 1. The molecule has 20 heavy (non-hydrogen) atoms. The van der Waals surface area contributed by atoms with Crippen molar-refractivity contribution in [1.82, 2.24) is 5.32 Å². The third-order valence-electron chi connectivity index (χ3n) is 4.06. The highest BCUT2D eigenvalue weighted by molar-refractivity contribution is 5.81. The molecule has 1 fully saturated rings. The summed E-state index contributed by atoms with van der Waals surface area (Å²) in [7, 11) is 0. The molecule has 1 aromatic rings. The van der Waals surface area contributed by atoms with Crippen molar-refractivity contribution in [3.8, 4) is 0 Å². The molecule has 0 bridgehead atoms. The van der Waals surface area contributed by atoms with Crippen LogP contribution in [-0.4, -0.2) is 18.5 Å². The molecular weight excluding hydrogens is 248 g/mol. The molecule has 110 valence electrons. The standard InChI is InChI=1S/C17H26N2O/c1-12-4-6-15(7-5-12)19-17(20)11-18-16-9-13(2)8-14(3)10-16/h8-10,12,15,18H,4-7,11H2,1-3H3,(H,19,20). The van der Waals surface area contributed by atoms with Crippen molar-refractivity contribution in [2.75, 3.05) is 11.9 Å². The first kappa shape index (κ1) is 14.9. The molecule has 0 saturated heterocycles. The molecule has 0 aromatic heterocycles. The lowest BCUT2D eigenvalue weighted by Gasteiger charge is -2.27. The van der Waals surface area contributed by atoms with Crippen LogP contribution in [0.4, 0.5) is 5.69 Å². The van der Waals surface area contributed by atoms with Crippen LogP contribution >= 0.6 is 0 Å². The van der Waals surface area contributed by atoms with E-state index in [9.17, 15) is 4.79 Å². The number of rotatable bonds is 4. The molecule has 1 aliphatic rings. The minimum Gasteiger partial charge on any atom is -0.376 e. The molecule has 1 aliphatic carbocycles. The van der Waals surface area contributed by atoms with Gasteiger partial charge < -0.3 is 10.6 Å². The molecule has 3 nitrogen and oxygen atoms in total. The zero-order valence-corrected chi connectivity index (χ0v) is 12.8. The Balaban J connectivity index is 1.77. The number of benzene rings is 1. The minimum atomic E-state index is 0.101. The van der Waals surface area contributed by atoms with E-state index in [1.54, 1.807) is 0 Å². The Kier molecular flexibility index (Phi) is 5.05. The van der Waals surface area contributed by atoms with Gasteiger partial charge in [-0.15, -0.1) is 0 Å². The predicted molar refractivity (Wildman–Crippen MR) is 84.0 cm³/mol. The van der Waals surface area contributed by atoms with Gasteiger partial charge in [0.2, 0.25) is 5.91 Å². The van der Waals surface area contributed by atoms with Crippen molar-refractivity contribution in [2.45, 2.75) is 52.5 Å². The number of hydrogen-bond donors (Lipinski definition) is 2. The average Bonchev–Trinajstić information content (AvgIpc) is 2.38. The van der Waals surface area contributed by atoms with E-state index in [0.29, 0.717) is 12.6 Å². The van der Waals surface area contributed by atoms with Gasteiger partial charge in [-0.25, -0.2) is 0 Å². The maximum Gasteiger partial charge on any atom is 0.239 e. The van der Waals surface area contributed by atoms with E-state index in [0.717, 1.165) is 24.4 Å². The van der Waals surface area contributed by atoms with Crippen LogP contribution in [0.5, 0.6) is 0 Å². The number of nitrogens with one attached hydrogen (secondary N) is 2. The van der Waals surface area contributed by atoms with Gasteiger partial charge >= 0.3 is 0 Å². The Morgan fingerprint density at radius 2 is 1.70 bits per heavy atom. The summed E-state index contributed by atoms with van der Waals surface area (Å²) in [6, 6.07) is 6.65. The third kappa shape index (κ3) is 4.55. The maximum atomic E-state index is 12.0. The highest BCUT2D eigenvalue weighted by Gasteiger charge is 2.19. The van der Waals surface area contributed by atoms with Gasteiger partial charge in [0.05, 0.1) is 6.54 Å². The lowest BCUT2D eigenvalue weighted by atomic mass is 9.87. The van der Waals surface area contributed by atoms with Crippen molar-refractivity contribution < 1.29 is 4.79 Å². The van der Waals surface area contributed by atoms with E-state index < -0.39 is 0 Å². The first-order valence-electron chi connectivity index (χ1n) is 7.64. The van der Waals surface area contributed by atoms with Crippen LogP contribution in [0.15, 0.2) is 18.2 Å². The summed E-state index contributed by atoms with van der Waals surface area (Å²) in [4.78, 5) is 12.0. The number of anilines is 1. The van der Waals surface area contributed by atoms with Gasteiger partial charge in [-0.2, -0.15) is 0 Å². The topological polar surface area (TPSA) is 41.1 Å². The fourth-order valence-electron chi connectivity index (χ4n) is 2.94. The number of amides is 1.